The van der Waals surface area contributed by atoms with Gasteiger partial charge in [-0.15, -0.1) is 0 Å². The minimum atomic E-state index is -0.380. The summed E-state index contributed by atoms with van der Waals surface area (Å²) in [5.74, 6) is 0.245. The van der Waals surface area contributed by atoms with Crippen LogP contribution in [0.3, 0.4) is 0 Å². The van der Waals surface area contributed by atoms with E-state index in [0.29, 0.717) is 0 Å². The summed E-state index contributed by atoms with van der Waals surface area (Å²) in [5.41, 5.74) is 0.742. The highest BCUT2D eigenvalue weighted by molar-refractivity contribution is 5.56. The molecule has 0 spiro atoms. The first-order chi connectivity index (χ1) is 6.77. The largest absolute Gasteiger partial charge is 0.507 e. The van der Waals surface area contributed by atoms with Gasteiger partial charge in [-0.2, -0.15) is 0 Å². The SMILES string of the molecule is COC(C=Cc1ccccc1O)OC. The lowest BCUT2D eigenvalue weighted by Gasteiger charge is -2.07. The van der Waals surface area contributed by atoms with Crippen molar-refractivity contribution in [2.75, 3.05) is 14.2 Å². The Kier molecular flexibility index (Phi) is 4.16. The van der Waals surface area contributed by atoms with Crippen molar-refractivity contribution in [3.63, 3.8) is 0 Å². The molecule has 1 aromatic carbocycles. The Bertz CT molecular complexity index is 303. The third kappa shape index (κ3) is 2.87. The standard InChI is InChI=1S/C11H14O3/c1-13-11(14-2)8-7-9-5-3-4-6-10(9)12/h3-8,11-12H,1-2H3. The van der Waals surface area contributed by atoms with Gasteiger partial charge < -0.3 is 14.6 Å². The molecule has 0 aliphatic rings. The number of aromatic hydroxyl groups is 1. The van der Waals surface area contributed by atoms with Crippen molar-refractivity contribution in [1.82, 2.24) is 0 Å². The second kappa shape index (κ2) is 5.42. The molecule has 14 heavy (non-hydrogen) atoms. The van der Waals surface area contributed by atoms with Gasteiger partial charge in [0.2, 0.25) is 0 Å². The van der Waals surface area contributed by atoms with Crippen LogP contribution >= 0.6 is 0 Å². The van der Waals surface area contributed by atoms with Crippen molar-refractivity contribution >= 4 is 6.08 Å². The minimum absolute atomic E-state index is 0.245. The van der Waals surface area contributed by atoms with Gasteiger partial charge in [0, 0.05) is 19.8 Å². The Hall–Kier alpha value is -1.32. The first-order valence-electron chi connectivity index (χ1n) is 4.29. The van der Waals surface area contributed by atoms with Gasteiger partial charge in [-0.05, 0) is 12.1 Å². The smallest absolute Gasteiger partial charge is 0.176 e. The van der Waals surface area contributed by atoms with Crippen molar-refractivity contribution < 1.29 is 14.6 Å². The molecule has 1 aromatic rings. The zero-order valence-corrected chi connectivity index (χ0v) is 8.31. The maximum atomic E-state index is 9.44. The van der Waals surface area contributed by atoms with Gasteiger partial charge in [-0.3, -0.25) is 0 Å². The number of hydrogen-bond donors (Lipinski definition) is 1. The van der Waals surface area contributed by atoms with E-state index in [9.17, 15) is 5.11 Å². The molecule has 0 aliphatic carbocycles. The van der Waals surface area contributed by atoms with Crippen LogP contribution in [0.1, 0.15) is 5.56 Å². The molecular weight excluding hydrogens is 180 g/mol. The predicted molar refractivity (Wildman–Crippen MR) is 54.9 cm³/mol. The molecular formula is C11H14O3. The topological polar surface area (TPSA) is 38.7 Å². The summed E-state index contributed by atoms with van der Waals surface area (Å²) in [6.07, 6.45) is 3.11. The predicted octanol–water partition coefficient (Wildman–Crippen LogP) is 2.02. The molecule has 76 valence electrons. The number of ether oxygens (including phenoxy) is 2. The molecule has 0 unspecified atom stereocenters. The Balaban J connectivity index is 2.72. The van der Waals surface area contributed by atoms with Gasteiger partial charge in [0.25, 0.3) is 0 Å². The van der Waals surface area contributed by atoms with Crippen LogP contribution < -0.4 is 0 Å². The second-order valence-electron chi connectivity index (χ2n) is 2.76. The summed E-state index contributed by atoms with van der Waals surface area (Å²) in [6, 6.07) is 7.08. The fourth-order valence-corrected chi connectivity index (χ4v) is 1.06. The van der Waals surface area contributed by atoms with Crippen molar-refractivity contribution in [2.45, 2.75) is 6.29 Å². The van der Waals surface area contributed by atoms with Crippen molar-refractivity contribution in [1.29, 1.82) is 0 Å². The van der Waals surface area contributed by atoms with Crippen LogP contribution in [0.25, 0.3) is 6.08 Å². The van der Waals surface area contributed by atoms with Crippen LogP contribution in [-0.2, 0) is 9.47 Å². The van der Waals surface area contributed by atoms with Crippen LogP contribution in [0.2, 0.25) is 0 Å². The summed E-state index contributed by atoms with van der Waals surface area (Å²) in [4.78, 5) is 0. The molecule has 0 aromatic heterocycles. The highest BCUT2D eigenvalue weighted by Crippen LogP contribution is 2.17. The summed E-state index contributed by atoms with van der Waals surface area (Å²) < 4.78 is 9.94. The van der Waals surface area contributed by atoms with Gasteiger partial charge in [0.1, 0.15) is 5.75 Å². The fraction of sp³-hybridized carbons (Fsp3) is 0.273. The van der Waals surface area contributed by atoms with Gasteiger partial charge in [0.15, 0.2) is 6.29 Å². The van der Waals surface area contributed by atoms with Crippen LogP contribution in [0.5, 0.6) is 5.75 Å². The fourth-order valence-electron chi connectivity index (χ4n) is 1.06. The lowest BCUT2D eigenvalue weighted by Crippen LogP contribution is -2.08. The van der Waals surface area contributed by atoms with Crippen LogP contribution in [-0.4, -0.2) is 25.6 Å². The lowest BCUT2D eigenvalue weighted by atomic mass is 10.2. The molecule has 3 nitrogen and oxygen atoms in total. The van der Waals surface area contributed by atoms with E-state index in [1.807, 2.05) is 12.1 Å². The minimum Gasteiger partial charge on any atom is -0.507 e. The molecule has 0 bridgehead atoms. The first-order valence-corrected chi connectivity index (χ1v) is 4.29. The molecule has 0 saturated heterocycles. The number of phenols is 1. The van der Waals surface area contributed by atoms with Gasteiger partial charge in [-0.1, -0.05) is 24.3 Å². The summed E-state index contributed by atoms with van der Waals surface area (Å²) in [5, 5.41) is 9.44. The van der Waals surface area contributed by atoms with Crippen LogP contribution in [0.15, 0.2) is 30.3 Å². The van der Waals surface area contributed by atoms with E-state index in [1.165, 1.54) is 0 Å². The Morgan fingerprint density at radius 2 is 1.86 bits per heavy atom. The number of rotatable bonds is 4. The molecule has 0 atom stereocenters. The van der Waals surface area contributed by atoms with Crippen LogP contribution in [0.4, 0.5) is 0 Å². The first kappa shape index (κ1) is 10.8. The van der Waals surface area contributed by atoms with E-state index >= 15 is 0 Å². The Morgan fingerprint density at radius 3 is 2.43 bits per heavy atom. The van der Waals surface area contributed by atoms with Crippen molar-refractivity contribution in [2.24, 2.45) is 0 Å². The number of benzene rings is 1. The van der Waals surface area contributed by atoms with Gasteiger partial charge >= 0.3 is 0 Å². The number of hydrogen-bond acceptors (Lipinski definition) is 3. The van der Waals surface area contributed by atoms with Gasteiger partial charge in [-0.25, -0.2) is 0 Å². The average molecular weight is 194 g/mol. The Labute approximate surface area is 83.6 Å². The van der Waals surface area contributed by atoms with Crippen LogP contribution in [0, 0.1) is 0 Å². The second-order valence-corrected chi connectivity index (χ2v) is 2.76. The van der Waals surface area contributed by atoms with E-state index in [2.05, 4.69) is 0 Å². The zero-order chi connectivity index (χ0) is 10.4. The highest BCUT2D eigenvalue weighted by atomic mass is 16.7. The third-order valence-electron chi connectivity index (χ3n) is 1.83. The summed E-state index contributed by atoms with van der Waals surface area (Å²) in [6.45, 7) is 0. The molecule has 0 amide bonds. The lowest BCUT2D eigenvalue weighted by molar-refractivity contribution is -0.0660. The summed E-state index contributed by atoms with van der Waals surface area (Å²) in [7, 11) is 3.12. The third-order valence-corrected chi connectivity index (χ3v) is 1.83. The molecule has 3 heteroatoms. The number of phenolic OH excluding ortho intramolecular Hbond substituents is 1. The van der Waals surface area contributed by atoms with Gasteiger partial charge in [0.05, 0.1) is 0 Å². The van der Waals surface area contributed by atoms with E-state index in [4.69, 9.17) is 9.47 Å². The van der Waals surface area contributed by atoms with E-state index in [0.717, 1.165) is 5.56 Å². The molecule has 1 N–H and O–H groups in total. The summed E-state index contributed by atoms with van der Waals surface area (Å²) >= 11 is 0. The Morgan fingerprint density at radius 1 is 1.21 bits per heavy atom. The van der Waals surface area contributed by atoms with Crippen molar-refractivity contribution in [3.05, 3.63) is 35.9 Å². The molecule has 0 heterocycles. The van der Waals surface area contributed by atoms with E-state index < -0.39 is 0 Å². The molecule has 0 saturated carbocycles. The molecule has 0 aliphatic heterocycles. The van der Waals surface area contributed by atoms with E-state index in [-0.39, 0.29) is 12.0 Å². The zero-order valence-electron chi connectivity index (χ0n) is 8.31. The average Bonchev–Trinajstić information content (AvgIpc) is 2.22. The normalized spacial score (nSPS) is 11.4. The monoisotopic (exact) mass is 194 g/mol. The number of para-hydroxylation sites is 1. The molecule has 0 fully saturated rings. The van der Waals surface area contributed by atoms with Crippen molar-refractivity contribution in [3.8, 4) is 5.75 Å². The quantitative estimate of drug-likeness (QED) is 0.745. The molecule has 1 rings (SSSR count). The number of methoxy groups -OCH3 is 2. The van der Waals surface area contributed by atoms with E-state index in [1.54, 1.807) is 38.5 Å². The highest BCUT2D eigenvalue weighted by Gasteiger charge is 1.99. The molecule has 0 radical (unpaired) electrons. The maximum Gasteiger partial charge on any atom is 0.176 e. The maximum absolute atomic E-state index is 9.44.